The predicted molar refractivity (Wildman–Crippen MR) is 70.0 cm³/mol. The summed E-state index contributed by atoms with van der Waals surface area (Å²) in [6, 6.07) is 5.84. The van der Waals surface area contributed by atoms with Crippen molar-refractivity contribution in [2.75, 3.05) is 25.0 Å². The molecule has 5 nitrogen and oxygen atoms in total. The minimum Gasteiger partial charge on any atom is -0.462 e. The molecule has 0 bridgehead atoms. The Balaban J connectivity index is 2.44. The second-order valence-corrected chi connectivity index (χ2v) is 4.06. The lowest BCUT2D eigenvalue weighted by Crippen LogP contribution is -2.35. The van der Waals surface area contributed by atoms with E-state index in [9.17, 15) is 22.8 Å². The molecule has 0 saturated heterocycles. The van der Waals surface area contributed by atoms with Crippen LogP contribution < -0.4 is 10.6 Å². The number of carbonyl (C=O) groups is 2. The third kappa shape index (κ3) is 6.75. The highest BCUT2D eigenvalue weighted by atomic mass is 19.4. The molecule has 0 aliphatic rings. The van der Waals surface area contributed by atoms with E-state index in [4.69, 9.17) is 4.74 Å². The summed E-state index contributed by atoms with van der Waals surface area (Å²) < 4.78 is 40.4. The average molecular weight is 304 g/mol. The van der Waals surface area contributed by atoms with Gasteiger partial charge in [-0.1, -0.05) is 0 Å². The average Bonchev–Trinajstić information content (AvgIpc) is 2.38. The number of halogens is 3. The van der Waals surface area contributed by atoms with Crippen LogP contribution in [-0.2, 0) is 9.53 Å². The van der Waals surface area contributed by atoms with Gasteiger partial charge < -0.3 is 15.4 Å². The second kappa shape index (κ2) is 7.63. The molecule has 0 atom stereocenters. The smallest absolute Gasteiger partial charge is 0.401 e. The van der Waals surface area contributed by atoms with Crippen LogP contribution in [0, 0.1) is 0 Å². The first-order valence-electron chi connectivity index (χ1n) is 6.16. The molecule has 0 aromatic heterocycles. The van der Waals surface area contributed by atoms with E-state index in [1.165, 1.54) is 24.3 Å². The molecular weight excluding hydrogens is 289 g/mol. The van der Waals surface area contributed by atoms with E-state index in [0.29, 0.717) is 11.3 Å². The van der Waals surface area contributed by atoms with Gasteiger partial charge in [0.25, 0.3) is 0 Å². The Bertz CT molecular complexity index is 486. The van der Waals surface area contributed by atoms with Crippen LogP contribution in [0.4, 0.5) is 18.9 Å². The van der Waals surface area contributed by atoms with Gasteiger partial charge in [0.2, 0.25) is 5.91 Å². The molecule has 0 unspecified atom stereocenters. The molecule has 0 heterocycles. The topological polar surface area (TPSA) is 67.4 Å². The summed E-state index contributed by atoms with van der Waals surface area (Å²) in [7, 11) is 0. The van der Waals surface area contributed by atoms with E-state index in [1.807, 2.05) is 5.32 Å². The Morgan fingerprint density at radius 3 is 2.33 bits per heavy atom. The van der Waals surface area contributed by atoms with E-state index in [-0.39, 0.29) is 6.61 Å². The number of esters is 1. The summed E-state index contributed by atoms with van der Waals surface area (Å²) in [5.74, 6) is -1.09. The molecular formula is C13H15F3N2O3. The van der Waals surface area contributed by atoms with Gasteiger partial charge in [-0.15, -0.1) is 0 Å². The Morgan fingerprint density at radius 1 is 1.19 bits per heavy atom. The van der Waals surface area contributed by atoms with Crippen LogP contribution in [0.2, 0.25) is 0 Å². The van der Waals surface area contributed by atoms with Crippen molar-refractivity contribution in [1.29, 1.82) is 0 Å². The SMILES string of the molecule is CCOC(=O)c1ccc(NC(=O)CNCC(F)(F)F)cc1. The number of hydrogen-bond donors (Lipinski definition) is 2. The van der Waals surface area contributed by atoms with Crippen molar-refractivity contribution in [3.8, 4) is 0 Å². The fraction of sp³-hybridized carbons (Fsp3) is 0.385. The number of alkyl halides is 3. The van der Waals surface area contributed by atoms with Gasteiger partial charge in [0.15, 0.2) is 0 Å². The lowest BCUT2D eigenvalue weighted by Gasteiger charge is -2.09. The van der Waals surface area contributed by atoms with Crippen molar-refractivity contribution >= 4 is 17.6 Å². The van der Waals surface area contributed by atoms with Crippen LogP contribution in [0.5, 0.6) is 0 Å². The maximum atomic E-state index is 11.9. The Kier molecular flexibility index (Phi) is 6.16. The number of benzene rings is 1. The van der Waals surface area contributed by atoms with E-state index in [0.717, 1.165) is 0 Å². The van der Waals surface area contributed by atoms with E-state index >= 15 is 0 Å². The molecule has 1 rings (SSSR count). The van der Waals surface area contributed by atoms with Crippen molar-refractivity contribution in [3.05, 3.63) is 29.8 Å². The van der Waals surface area contributed by atoms with E-state index in [1.54, 1.807) is 6.92 Å². The molecule has 0 spiro atoms. The number of rotatable bonds is 6. The molecule has 0 saturated carbocycles. The van der Waals surface area contributed by atoms with Crippen molar-refractivity contribution in [3.63, 3.8) is 0 Å². The molecule has 8 heteroatoms. The first-order chi connectivity index (χ1) is 9.81. The zero-order chi connectivity index (χ0) is 15.9. The molecule has 21 heavy (non-hydrogen) atoms. The van der Waals surface area contributed by atoms with Gasteiger partial charge in [0.1, 0.15) is 0 Å². The number of ether oxygens (including phenoxy) is 1. The van der Waals surface area contributed by atoms with Crippen LogP contribution in [0.15, 0.2) is 24.3 Å². The maximum Gasteiger partial charge on any atom is 0.401 e. The fourth-order valence-electron chi connectivity index (χ4n) is 1.43. The molecule has 116 valence electrons. The molecule has 0 radical (unpaired) electrons. The van der Waals surface area contributed by atoms with Crippen molar-refractivity contribution in [1.82, 2.24) is 5.32 Å². The standard InChI is InChI=1S/C13H15F3N2O3/c1-2-21-12(20)9-3-5-10(6-4-9)18-11(19)7-17-8-13(14,15)16/h3-6,17H,2,7-8H2,1H3,(H,18,19). The summed E-state index contributed by atoms with van der Waals surface area (Å²) in [6.45, 7) is 0.240. The molecule has 0 aliphatic heterocycles. The minimum absolute atomic E-state index is 0.252. The number of hydrogen-bond acceptors (Lipinski definition) is 4. The molecule has 1 amide bonds. The Morgan fingerprint density at radius 2 is 1.81 bits per heavy atom. The van der Waals surface area contributed by atoms with Gasteiger partial charge in [-0.25, -0.2) is 4.79 Å². The molecule has 1 aromatic rings. The van der Waals surface area contributed by atoms with Gasteiger partial charge in [-0.2, -0.15) is 13.2 Å². The molecule has 1 aromatic carbocycles. The lowest BCUT2D eigenvalue weighted by atomic mass is 10.2. The van der Waals surface area contributed by atoms with E-state index < -0.39 is 31.1 Å². The normalized spacial score (nSPS) is 11.0. The fourth-order valence-corrected chi connectivity index (χ4v) is 1.43. The highest BCUT2D eigenvalue weighted by Gasteiger charge is 2.26. The number of carbonyl (C=O) groups excluding carboxylic acids is 2. The molecule has 0 fully saturated rings. The van der Waals surface area contributed by atoms with Crippen molar-refractivity contribution in [2.45, 2.75) is 13.1 Å². The summed E-state index contributed by atoms with van der Waals surface area (Å²) in [4.78, 5) is 22.8. The Labute approximate surface area is 119 Å². The van der Waals surface area contributed by atoms with E-state index in [2.05, 4.69) is 5.32 Å². The van der Waals surface area contributed by atoms with Gasteiger partial charge in [0, 0.05) is 5.69 Å². The van der Waals surface area contributed by atoms with Gasteiger partial charge in [-0.3, -0.25) is 4.79 Å². The second-order valence-electron chi connectivity index (χ2n) is 4.06. The van der Waals surface area contributed by atoms with Crippen LogP contribution in [0.3, 0.4) is 0 Å². The van der Waals surface area contributed by atoms with Gasteiger partial charge in [0.05, 0.1) is 25.3 Å². The third-order valence-corrected chi connectivity index (χ3v) is 2.29. The van der Waals surface area contributed by atoms with Crippen LogP contribution in [0.25, 0.3) is 0 Å². The first-order valence-corrected chi connectivity index (χ1v) is 6.16. The largest absolute Gasteiger partial charge is 0.462 e. The summed E-state index contributed by atoms with van der Waals surface area (Å²) in [5, 5.41) is 4.39. The summed E-state index contributed by atoms with van der Waals surface area (Å²) in [6.07, 6.45) is -4.36. The lowest BCUT2D eigenvalue weighted by molar-refractivity contribution is -0.126. The highest BCUT2D eigenvalue weighted by molar-refractivity contribution is 5.93. The molecule has 2 N–H and O–H groups in total. The molecule has 0 aliphatic carbocycles. The third-order valence-electron chi connectivity index (χ3n) is 2.29. The quantitative estimate of drug-likeness (QED) is 0.788. The summed E-state index contributed by atoms with van der Waals surface area (Å²) >= 11 is 0. The van der Waals surface area contributed by atoms with Crippen LogP contribution in [-0.4, -0.2) is 37.7 Å². The van der Waals surface area contributed by atoms with Crippen molar-refractivity contribution in [2.24, 2.45) is 0 Å². The number of anilines is 1. The van der Waals surface area contributed by atoms with Crippen LogP contribution >= 0.6 is 0 Å². The first kappa shape index (κ1) is 17.0. The Hall–Kier alpha value is -2.09. The van der Waals surface area contributed by atoms with Crippen LogP contribution in [0.1, 0.15) is 17.3 Å². The summed E-state index contributed by atoms with van der Waals surface area (Å²) in [5.41, 5.74) is 0.701. The van der Waals surface area contributed by atoms with Gasteiger partial charge >= 0.3 is 12.1 Å². The number of amides is 1. The highest BCUT2D eigenvalue weighted by Crippen LogP contribution is 2.12. The monoisotopic (exact) mass is 304 g/mol. The predicted octanol–water partition coefficient (Wildman–Crippen LogP) is 1.95. The minimum atomic E-state index is -4.36. The van der Waals surface area contributed by atoms with Crippen molar-refractivity contribution < 1.29 is 27.5 Å². The zero-order valence-corrected chi connectivity index (χ0v) is 11.3. The zero-order valence-electron chi connectivity index (χ0n) is 11.3. The maximum absolute atomic E-state index is 11.9. The van der Waals surface area contributed by atoms with Gasteiger partial charge in [-0.05, 0) is 31.2 Å². The number of nitrogens with one attached hydrogen (secondary N) is 2.